The summed E-state index contributed by atoms with van der Waals surface area (Å²) in [7, 11) is 0. The van der Waals surface area contributed by atoms with Crippen molar-refractivity contribution in [2.45, 2.75) is 18.8 Å². The number of benzene rings is 1. The SMILES string of the molecule is OCCC(F)(F)c1ccc2c(c1)OCCCO2. The van der Waals surface area contributed by atoms with Gasteiger partial charge >= 0.3 is 0 Å². The summed E-state index contributed by atoms with van der Waals surface area (Å²) in [6, 6.07) is 4.08. The highest BCUT2D eigenvalue weighted by Crippen LogP contribution is 2.38. The van der Waals surface area contributed by atoms with Gasteiger partial charge in [0.25, 0.3) is 5.92 Å². The average molecular weight is 244 g/mol. The van der Waals surface area contributed by atoms with Crippen LogP contribution >= 0.6 is 0 Å². The lowest BCUT2D eigenvalue weighted by Gasteiger charge is -2.17. The van der Waals surface area contributed by atoms with Crippen molar-refractivity contribution in [1.29, 1.82) is 0 Å². The molecule has 17 heavy (non-hydrogen) atoms. The molecular weight excluding hydrogens is 230 g/mol. The van der Waals surface area contributed by atoms with E-state index in [1.807, 2.05) is 0 Å². The Labute approximate surface area is 98.0 Å². The van der Waals surface area contributed by atoms with E-state index in [1.165, 1.54) is 18.2 Å². The minimum absolute atomic E-state index is 0.157. The first-order valence-corrected chi connectivity index (χ1v) is 5.52. The van der Waals surface area contributed by atoms with Gasteiger partial charge in [-0.05, 0) is 18.2 Å². The van der Waals surface area contributed by atoms with Crippen LogP contribution in [0.15, 0.2) is 18.2 Å². The Kier molecular flexibility index (Phi) is 3.47. The number of ether oxygens (including phenoxy) is 2. The van der Waals surface area contributed by atoms with E-state index in [2.05, 4.69) is 0 Å². The molecule has 0 spiro atoms. The highest BCUT2D eigenvalue weighted by atomic mass is 19.3. The van der Waals surface area contributed by atoms with E-state index < -0.39 is 19.0 Å². The standard InChI is InChI=1S/C12H14F2O3/c13-12(14,4-5-15)9-2-3-10-11(8-9)17-7-1-6-16-10/h2-3,8,15H,1,4-7H2. The third kappa shape index (κ3) is 2.66. The molecule has 0 radical (unpaired) electrons. The Morgan fingerprint density at radius 2 is 1.88 bits per heavy atom. The molecule has 3 nitrogen and oxygen atoms in total. The van der Waals surface area contributed by atoms with Gasteiger partial charge in [-0.2, -0.15) is 0 Å². The van der Waals surface area contributed by atoms with Gasteiger partial charge in [0.05, 0.1) is 13.2 Å². The number of halogens is 2. The maximum atomic E-state index is 13.6. The molecule has 1 N–H and O–H groups in total. The Balaban J connectivity index is 2.29. The molecule has 1 aliphatic rings. The molecule has 0 aliphatic carbocycles. The van der Waals surface area contributed by atoms with Crippen LogP contribution in [0.2, 0.25) is 0 Å². The molecule has 0 saturated heterocycles. The number of aliphatic hydroxyl groups excluding tert-OH is 1. The molecule has 0 atom stereocenters. The van der Waals surface area contributed by atoms with E-state index in [0.717, 1.165) is 6.42 Å². The number of alkyl halides is 2. The van der Waals surface area contributed by atoms with Crippen molar-refractivity contribution in [3.8, 4) is 11.5 Å². The third-order valence-electron chi connectivity index (χ3n) is 2.60. The second-order valence-electron chi connectivity index (χ2n) is 3.89. The molecule has 0 bridgehead atoms. The molecule has 5 heteroatoms. The molecule has 0 amide bonds. The Bertz CT molecular complexity index is 393. The summed E-state index contributed by atoms with van der Waals surface area (Å²) >= 11 is 0. The quantitative estimate of drug-likeness (QED) is 0.886. The molecule has 1 aliphatic heterocycles. The normalized spacial score (nSPS) is 15.5. The van der Waals surface area contributed by atoms with Crippen molar-refractivity contribution in [2.75, 3.05) is 19.8 Å². The largest absolute Gasteiger partial charge is 0.490 e. The molecule has 0 unspecified atom stereocenters. The predicted molar refractivity (Wildman–Crippen MR) is 57.6 cm³/mol. The fraction of sp³-hybridized carbons (Fsp3) is 0.500. The predicted octanol–water partition coefficient (Wildman–Crippen LogP) is 2.32. The van der Waals surface area contributed by atoms with Crippen LogP contribution in [-0.4, -0.2) is 24.9 Å². The highest BCUT2D eigenvalue weighted by Gasteiger charge is 2.31. The number of rotatable bonds is 3. The molecule has 0 fully saturated rings. The zero-order valence-electron chi connectivity index (χ0n) is 9.29. The van der Waals surface area contributed by atoms with E-state index in [1.54, 1.807) is 0 Å². The van der Waals surface area contributed by atoms with Crippen molar-refractivity contribution in [3.05, 3.63) is 23.8 Å². The zero-order valence-corrected chi connectivity index (χ0v) is 9.29. The van der Waals surface area contributed by atoms with E-state index in [4.69, 9.17) is 14.6 Å². The van der Waals surface area contributed by atoms with E-state index in [-0.39, 0.29) is 5.56 Å². The highest BCUT2D eigenvalue weighted by molar-refractivity contribution is 5.44. The van der Waals surface area contributed by atoms with Gasteiger partial charge in [0.1, 0.15) is 0 Å². The monoisotopic (exact) mass is 244 g/mol. The second-order valence-corrected chi connectivity index (χ2v) is 3.89. The molecule has 0 aromatic heterocycles. The smallest absolute Gasteiger partial charge is 0.275 e. The lowest BCUT2D eigenvalue weighted by Crippen LogP contribution is -2.15. The summed E-state index contributed by atoms with van der Waals surface area (Å²) < 4.78 is 37.8. The third-order valence-corrected chi connectivity index (χ3v) is 2.60. The van der Waals surface area contributed by atoms with Gasteiger partial charge in [0, 0.05) is 25.0 Å². The topological polar surface area (TPSA) is 38.7 Å². The number of hydrogen-bond donors (Lipinski definition) is 1. The molecule has 1 aromatic rings. The summed E-state index contributed by atoms with van der Waals surface area (Å²) in [4.78, 5) is 0. The average Bonchev–Trinajstić information content (AvgIpc) is 2.52. The molecule has 0 saturated carbocycles. The molecule has 1 aromatic carbocycles. The van der Waals surface area contributed by atoms with Crippen LogP contribution in [0.4, 0.5) is 8.78 Å². The first kappa shape index (κ1) is 12.1. The van der Waals surface area contributed by atoms with Crippen molar-refractivity contribution in [1.82, 2.24) is 0 Å². The minimum atomic E-state index is -3.04. The molecule has 94 valence electrons. The number of hydrogen-bond acceptors (Lipinski definition) is 3. The van der Waals surface area contributed by atoms with Crippen molar-refractivity contribution < 1.29 is 23.4 Å². The Hall–Kier alpha value is -1.36. The van der Waals surface area contributed by atoms with Crippen LogP contribution in [0, 0.1) is 0 Å². The van der Waals surface area contributed by atoms with Gasteiger partial charge in [0.2, 0.25) is 0 Å². The lowest BCUT2D eigenvalue weighted by atomic mass is 10.1. The van der Waals surface area contributed by atoms with Crippen LogP contribution in [-0.2, 0) is 5.92 Å². The van der Waals surface area contributed by atoms with Gasteiger partial charge in [-0.25, -0.2) is 8.78 Å². The molecular formula is C12H14F2O3. The van der Waals surface area contributed by atoms with Crippen molar-refractivity contribution in [2.24, 2.45) is 0 Å². The van der Waals surface area contributed by atoms with Gasteiger partial charge in [-0.15, -0.1) is 0 Å². The van der Waals surface area contributed by atoms with E-state index in [0.29, 0.717) is 24.7 Å². The maximum absolute atomic E-state index is 13.6. The van der Waals surface area contributed by atoms with Crippen LogP contribution in [0.25, 0.3) is 0 Å². The van der Waals surface area contributed by atoms with Crippen molar-refractivity contribution in [3.63, 3.8) is 0 Å². The Morgan fingerprint density at radius 1 is 1.18 bits per heavy atom. The van der Waals surface area contributed by atoms with Gasteiger partial charge < -0.3 is 14.6 Å². The van der Waals surface area contributed by atoms with Crippen LogP contribution in [0.5, 0.6) is 11.5 Å². The molecule has 2 rings (SSSR count). The van der Waals surface area contributed by atoms with Gasteiger partial charge in [0.15, 0.2) is 11.5 Å². The first-order chi connectivity index (χ1) is 8.13. The van der Waals surface area contributed by atoms with Crippen molar-refractivity contribution >= 4 is 0 Å². The Morgan fingerprint density at radius 3 is 2.59 bits per heavy atom. The van der Waals surface area contributed by atoms with Gasteiger partial charge in [-0.1, -0.05) is 0 Å². The molecule has 1 heterocycles. The number of fused-ring (bicyclic) bond motifs is 1. The summed E-state index contributed by atoms with van der Waals surface area (Å²) in [5.74, 6) is -2.21. The summed E-state index contributed by atoms with van der Waals surface area (Å²) in [6.45, 7) is 0.433. The maximum Gasteiger partial charge on any atom is 0.275 e. The fourth-order valence-corrected chi connectivity index (χ4v) is 1.68. The summed E-state index contributed by atoms with van der Waals surface area (Å²) in [5, 5.41) is 8.61. The van der Waals surface area contributed by atoms with E-state index in [9.17, 15) is 8.78 Å². The first-order valence-electron chi connectivity index (χ1n) is 5.52. The summed E-state index contributed by atoms with van der Waals surface area (Å²) in [5.41, 5.74) is -0.157. The number of aliphatic hydroxyl groups is 1. The fourth-order valence-electron chi connectivity index (χ4n) is 1.68. The minimum Gasteiger partial charge on any atom is -0.490 e. The van der Waals surface area contributed by atoms with Crippen LogP contribution < -0.4 is 9.47 Å². The van der Waals surface area contributed by atoms with Crippen LogP contribution in [0.1, 0.15) is 18.4 Å². The van der Waals surface area contributed by atoms with E-state index >= 15 is 0 Å². The zero-order chi connectivity index (χ0) is 12.3. The van der Waals surface area contributed by atoms with Gasteiger partial charge in [-0.3, -0.25) is 0 Å². The lowest BCUT2D eigenvalue weighted by molar-refractivity contribution is -0.0271. The van der Waals surface area contributed by atoms with Crippen LogP contribution in [0.3, 0.4) is 0 Å². The second kappa shape index (κ2) is 4.87. The summed E-state index contributed by atoms with van der Waals surface area (Å²) in [6.07, 6.45) is 0.143.